The molecule has 1 aromatic heterocycles. The van der Waals surface area contributed by atoms with Crippen LogP contribution in [0.3, 0.4) is 0 Å². The maximum absolute atomic E-state index is 4.82. The predicted octanol–water partition coefficient (Wildman–Crippen LogP) is 2.94. The van der Waals surface area contributed by atoms with E-state index in [9.17, 15) is 0 Å². The van der Waals surface area contributed by atoms with Gasteiger partial charge in [0.05, 0.1) is 5.52 Å². The normalized spacial score (nSPS) is 15.3. The number of para-hydroxylation sites is 1. The highest BCUT2D eigenvalue weighted by Gasteiger charge is 2.15. The van der Waals surface area contributed by atoms with Crippen molar-refractivity contribution in [1.29, 1.82) is 0 Å². The van der Waals surface area contributed by atoms with E-state index in [-0.39, 0.29) is 0 Å². The molecule has 0 unspecified atom stereocenters. The minimum atomic E-state index is 0.917. The Hall–Kier alpha value is -1.61. The Morgan fingerprint density at radius 1 is 1.21 bits per heavy atom. The van der Waals surface area contributed by atoms with Crippen molar-refractivity contribution in [2.45, 2.75) is 26.3 Å². The highest BCUT2D eigenvalue weighted by molar-refractivity contribution is 5.84. The Morgan fingerprint density at radius 2 is 2.00 bits per heavy atom. The van der Waals surface area contributed by atoms with Gasteiger partial charge in [0.25, 0.3) is 0 Å². The average molecular weight is 255 g/mol. The number of nitrogens with zero attached hydrogens (tertiary/aromatic N) is 2. The Morgan fingerprint density at radius 3 is 2.79 bits per heavy atom. The van der Waals surface area contributed by atoms with Crippen LogP contribution in [-0.4, -0.2) is 24.6 Å². The molecule has 0 aliphatic carbocycles. The van der Waals surface area contributed by atoms with Crippen molar-refractivity contribution in [1.82, 2.24) is 10.3 Å². The van der Waals surface area contributed by atoms with Crippen LogP contribution in [0.25, 0.3) is 10.9 Å². The Labute approximate surface area is 114 Å². The predicted molar refractivity (Wildman–Crippen MR) is 80.6 cm³/mol. The molecule has 1 aliphatic rings. The molecule has 2 aromatic rings. The summed E-state index contributed by atoms with van der Waals surface area (Å²) in [5, 5.41) is 4.70. The van der Waals surface area contributed by atoms with Crippen LogP contribution in [0.4, 0.5) is 5.82 Å². The third-order valence-electron chi connectivity index (χ3n) is 3.78. The van der Waals surface area contributed by atoms with E-state index in [4.69, 9.17) is 4.98 Å². The third-order valence-corrected chi connectivity index (χ3v) is 3.78. The zero-order chi connectivity index (χ0) is 13.1. The van der Waals surface area contributed by atoms with Gasteiger partial charge in [0.1, 0.15) is 5.82 Å². The smallest absolute Gasteiger partial charge is 0.129 e. The van der Waals surface area contributed by atoms with Crippen molar-refractivity contribution in [3.8, 4) is 0 Å². The number of aromatic nitrogens is 1. The van der Waals surface area contributed by atoms with Crippen molar-refractivity contribution in [3.05, 3.63) is 35.9 Å². The summed E-state index contributed by atoms with van der Waals surface area (Å²) in [6, 6.07) is 10.7. The molecule has 3 nitrogen and oxygen atoms in total. The van der Waals surface area contributed by atoms with Gasteiger partial charge in [0.2, 0.25) is 0 Å². The van der Waals surface area contributed by atoms with Gasteiger partial charge in [-0.25, -0.2) is 4.98 Å². The summed E-state index contributed by atoms with van der Waals surface area (Å²) >= 11 is 0. The van der Waals surface area contributed by atoms with Crippen molar-refractivity contribution >= 4 is 16.7 Å². The van der Waals surface area contributed by atoms with Crippen molar-refractivity contribution < 1.29 is 0 Å². The van der Waals surface area contributed by atoms with Gasteiger partial charge in [0.15, 0.2) is 0 Å². The second kappa shape index (κ2) is 5.57. The third kappa shape index (κ3) is 2.56. The lowest BCUT2D eigenvalue weighted by Gasteiger charge is -2.18. The summed E-state index contributed by atoms with van der Waals surface area (Å²) in [6.45, 7) is 6.35. The molecule has 3 rings (SSSR count). The van der Waals surface area contributed by atoms with Crippen LogP contribution >= 0.6 is 0 Å². The number of pyridine rings is 1. The van der Waals surface area contributed by atoms with Crippen LogP contribution in [0, 0.1) is 0 Å². The molecule has 100 valence electrons. The van der Waals surface area contributed by atoms with E-state index < -0.39 is 0 Å². The zero-order valence-corrected chi connectivity index (χ0v) is 11.5. The Balaban J connectivity index is 2.03. The van der Waals surface area contributed by atoms with E-state index in [1.807, 2.05) is 0 Å². The van der Waals surface area contributed by atoms with Gasteiger partial charge < -0.3 is 10.2 Å². The van der Waals surface area contributed by atoms with Crippen LogP contribution in [0.2, 0.25) is 0 Å². The lowest BCUT2D eigenvalue weighted by molar-refractivity contribution is 0.729. The standard InChI is InChI=1S/C16H21N3/c1-2-17-12-13-11-16(19-9-5-6-10-19)18-15-8-4-3-7-14(13)15/h3-4,7-8,11,17H,2,5-6,9-10,12H2,1H3. The molecule has 1 aromatic carbocycles. The van der Waals surface area contributed by atoms with Gasteiger partial charge in [-0.15, -0.1) is 0 Å². The fourth-order valence-corrected chi connectivity index (χ4v) is 2.75. The van der Waals surface area contributed by atoms with Gasteiger partial charge >= 0.3 is 0 Å². The summed E-state index contributed by atoms with van der Waals surface area (Å²) in [7, 11) is 0. The molecule has 0 amide bonds. The summed E-state index contributed by atoms with van der Waals surface area (Å²) in [5.74, 6) is 1.14. The molecule has 0 radical (unpaired) electrons. The molecule has 3 heteroatoms. The summed E-state index contributed by atoms with van der Waals surface area (Å²) in [6.07, 6.45) is 2.58. The topological polar surface area (TPSA) is 28.2 Å². The lowest BCUT2D eigenvalue weighted by atomic mass is 10.1. The molecular formula is C16H21N3. The van der Waals surface area contributed by atoms with Crippen LogP contribution < -0.4 is 10.2 Å². The Kier molecular flexibility index (Phi) is 3.65. The number of fused-ring (bicyclic) bond motifs is 1. The van der Waals surface area contributed by atoms with Crippen LogP contribution in [0.1, 0.15) is 25.3 Å². The number of benzene rings is 1. The van der Waals surface area contributed by atoms with Crippen molar-refractivity contribution in [2.24, 2.45) is 0 Å². The quantitative estimate of drug-likeness (QED) is 0.910. The molecule has 19 heavy (non-hydrogen) atoms. The molecule has 0 spiro atoms. The first-order valence-electron chi connectivity index (χ1n) is 7.23. The molecule has 1 aliphatic heterocycles. The number of hydrogen-bond acceptors (Lipinski definition) is 3. The van der Waals surface area contributed by atoms with E-state index in [0.29, 0.717) is 0 Å². The maximum atomic E-state index is 4.82. The highest BCUT2D eigenvalue weighted by atomic mass is 15.2. The van der Waals surface area contributed by atoms with Crippen molar-refractivity contribution in [3.63, 3.8) is 0 Å². The molecular weight excluding hydrogens is 234 g/mol. The molecule has 0 atom stereocenters. The van der Waals surface area contributed by atoms with E-state index in [2.05, 4.69) is 47.5 Å². The largest absolute Gasteiger partial charge is 0.357 e. The van der Waals surface area contributed by atoms with E-state index in [0.717, 1.165) is 37.5 Å². The first-order chi connectivity index (χ1) is 9.38. The number of hydrogen-bond donors (Lipinski definition) is 1. The number of anilines is 1. The van der Waals surface area contributed by atoms with Gasteiger partial charge in [-0.1, -0.05) is 25.1 Å². The van der Waals surface area contributed by atoms with Crippen LogP contribution in [0.15, 0.2) is 30.3 Å². The van der Waals surface area contributed by atoms with E-state index in [1.165, 1.54) is 23.8 Å². The maximum Gasteiger partial charge on any atom is 0.129 e. The van der Waals surface area contributed by atoms with Gasteiger partial charge in [-0.05, 0) is 37.1 Å². The Bertz CT molecular complexity index is 559. The van der Waals surface area contributed by atoms with Crippen LogP contribution in [-0.2, 0) is 6.54 Å². The van der Waals surface area contributed by atoms with Gasteiger partial charge in [-0.2, -0.15) is 0 Å². The summed E-state index contributed by atoms with van der Waals surface area (Å²) in [5.41, 5.74) is 2.47. The molecule has 2 heterocycles. The molecule has 1 saturated heterocycles. The first-order valence-corrected chi connectivity index (χ1v) is 7.23. The van der Waals surface area contributed by atoms with Gasteiger partial charge in [-0.3, -0.25) is 0 Å². The number of rotatable bonds is 4. The molecule has 1 N–H and O–H groups in total. The molecule has 1 fully saturated rings. The second-order valence-corrected chi connectivity index (χ2v) is 5.13. The fourth-order valence-electron chi connectivity index (χ4n) is 2.75. The second-order valence-electron chi connectivity index (χ2n) is 5.13. The monoisotopic (exact) mass is 255 g/mol. The molecule has 0 saturated carbocycles. The minimum absolute atomic E-state index is 0.917. The van der Waals surface area contributed by atoms with Gasteiger partial charge in [0, 0.05) is 25.0 Å². The fraction of sp³-hybridized carbons (Fsp3) is 0.438. The average Bonchev–Trinajstić information content (AvgIpc) is 2.98. The van der Waals surface area contributed by atoms with Crippen LogP contribution in [0.5, 0.6) is 0 Å². The summed E-state index contributed by atoms with van der Waals surface area (Å²) in [4.78, 5) is 7.23. The molecule has 0 bridgehead atoms. The SMILES string of the molecule is CCNCc1cc(N2CCCC2)nc2ccccc12. The first kappa shape index (κ1) is 12.4. The van der Waals surface area contributed by atoms with E-state index in [1.54, 1.807) is 0 Å². The number of nitrogens with one attached hydrogen (secondary N) is 1. The lowest BCUT2D eigenvalue weighted by Crippen LogP contribution is -2.20. The minimum Gasteiger partial charge on any atom is -0.357 e. The zero-order valence-electron chi connectivity index (χ0n) is 11.5. The summed E-state index contributed by atoms with van der Waals surface area (Å²) < 4.78 is 0. The highest BCUT2D eigenvalue weighted by Crippen LogP contribution is 2.25. The van der Waals surface area contributed by atoms with E-state index >= 15 is 0 Å². The van der Waals surface area contributed by atoms with Crippen molar-refractivity contribution in [2.75, 3.05) is 24.5 Å².